The molecule has 0 aliphatic rings. The van der Waals surface area contributed by atoms with Crippen LogP contribution in [0.4, 0.5) is 0 Å². The molecule has 1 atom stereocenters. The fourth-order valence-electron chi connectivity index (χ4n) is 2.76. The average molecular weight is 384 g/mol. The lowest BCUT2D eigenvalue weighted by molar-refractivity contribution is 0.0938. The molecule has 0 spiro atoms. The molecule has 2 N–H and O–H groups in total. The first kappa shape index (κ1) is 18.7. The number of aromatic amines is 1. The first-order valence-corrected chi connectivity index (χ1v) is 9.21. The van der Waals surface area contributed by atoms with Crippen molar-refractivity contribution in [3.63, 3.8) is 0 Å². The zero-order valence-corrected chi connectivity index (χ0v) is 16.1. The number of hydrogen-bond donors (Lipinski definition) is 2. The summed E-state index contributed by atoms with van der Waals surface area (Å²) in [6.45, 7) is 1.82. The number of nitrogens with one attached hydrogen (secondary N) is 2. The van der Waals surface area contributed by atoms with Crippen molar-refractivity contribution < 1.29 is 14.3 Å². The van der Waals surface area contributed by atoms with Crippen LogP contribution < -0.4 is 20.3 Å². The molecule has 1 amide bonds. The van der Waals surface area contributed by atoms with Crippen molar-refractivity contribution in [3.05, 3.63) is 69.3 Å². The van der Waals surface area contributed by atoms with E-state index in [0.717, 1.165) is 10.4 Å². The fraction of sp³-hybridized carbons (Fsp3) is 0.200. The topological polar surface area (TPSA) is 80.4 Å². The van der Waals surface area contributed by atoms with E-state index in [2.05, 4.69) is 10.3 Å². The molecule has 7 heteroatoms. The Morgan fingerprint density at radius 2 is 1.96 bits per heavy atom. The van der Waals surface area contributed by atoms with Crippen molar-refractivity contribution in [1.82, 2.24) is 10.3 Å². The summed E-state index contributed by atoms with van der Waals surface area (Å²) in [6, 6.07) is 12.1. The van der Waals surface area contributed by atoms with Gasteiger partial charge in [-0.25, -0.2) is 0 Å². The highest BCUT2D eigenvalue weighted by molar-refractivity contribution is 7.13. The smallest absolute Gasteiger partial charge is 0.261 e. The number of thiophene rings is 1. The molecule has 2 heterocycles. The van der Waals surface area contributed by atoms with Crippen molar-refractivity contribution in [3.8, 4) is 22.1 Å². The number of pyridine rings is 1. The van der Waals surface area contributed by atoms with Crippen LogP contribution in [0.1, 0.15) is 28.9 Å². The number of methoxy groups -OCH3 is 2. The Labute approximate surface area is 160 Å². The maximum absolute atomic E-state index is 12.6. The van der Waals surface area contributed by atoms with Crippen LogP contribution in [-0.4, -0.2) is 25.1 Å². The molecular formula is C20H20N2O4S. The molecule has 0 bridgehead atoms. The van der Waals surface area contributed by atoms with Gasteiger partial charge in [0.15, 0.2) is 0 Å². The van der Waals surface area contributed by atoms with Crippen molar-refractivity contribution in [2.24, 2.45) is 0 Å². The molecule has 1 unspecified atom stereocenters. The van der Waals surface area contributed by atoms with Crippen LogP contribution in [0.25, 0.3) is 10.6 Å². The van der Waals surface area contributed by atoms with E-state index in [4.69, 9.17) is 9.47 Å². The summed E-state index contributed by atoms with van der Waals surface area (Å²) in [5.41, 5.74) is 1.08. The molecule has 2 aromatic heterocycles. The van der Waals surface area contributed by atoms with Crippen LogP contribution in [0.3, 0.4) is 0 Å². The molecule has 0 aliphatic carbocycles. The highest BCUT2D eigenvalue weighted by Crippen LogP contribution is 2.29. The molecule has 27 heavy (non-hydrogen) atoms. The number of carbonyl (C=O) groups excluding carboxylic acids is 1. The van der Waals surface area contributed by atoms with Gasteiger partial charge in [0.1, 0.15) is 17.1 Å². The summed E-state index contributed by atoms with van der Waals surface area (Å²) in [4.78, 5) is 28.7. The zero-order chi connectivity index (χ0) is 19.4. The molecule has 3 rings (SSSR count). The highest BCUT2D eigenvalue weighted by Gasteiger charge is 2.18. The summed E-state index contributed by atoms with van der Waals surface area (Å²) in [6.07, 6.45) is 0. The molecule has 0 saturated heterocycles. The third-order valence-corrected chi connectivity index (χ3v) is 5.09. The third-order valence-electron chi connectivity index (χ3n) is 4.19. The van der Waals surface area contributed by atoms with Gasteiger partial charge in [-0.2, -0.15) is 0 Å². The number of benzene rings is 1. The molecule has 140 valence electrons. The Morgan fingerprint density at radius 1 is 1.15 bits per heavy atom. The minimum atomic E-state index is -0.452. The van der Waals surface area contributed by atoms with E-state index in [-0.39, 0.29) is 11.6 Å². The summed E-state index contributed by atoms with van der Waals surface area (Å²) in [5.74, 6) is 0.835. The summed E-state index contributed by atoms with van der Waals surface area (Å²) >= 11 is 1.52. The van der Waals surface area contributed by atoms with Crippen molar-refractivity contribution in [2.75, 3.05) is 14.2 Å². The van der Waals surface area contributed by atoms with E-state index in [0.29, 0.717) is 17.2 Å². The average Bonchev–Trinajstić information content (AvgIpc) is 3.22. The van der Waals surface area contributed by atoms with Crippen molar-refractivity contribution >= 4 is 17.2 Å². The number of rotatable bonds is 6. The third kappa shape index (κ3) is 4.03. The molecule has 3 aromatic rings. The lowest BCUT2D eigenvalue weighted by Gasteiger charge is -2.18. The van der Waals surface area contributed by atoms with E-state index in [1.165, 1.54) is 11.3 Å². The first-order chi connectivity index (χ1) is 13.0. The monoisotopic (exact) mass is 384 g/mol. The standard InChI is InChI=1S/C20H20N2O4S/c1-12(15-11-13(25-2)6-9-17(15)26-3)21-19(23)14-7-8-16(22-20(14)24)18-5-4-10-27-18/h4-12H,1-3H3,(H,21,23)(H,22,24). The van der Waals surface area contributed by atoms with E-state index in [1.807, 2.05) is 24.4 Å². The molecule has 0 fully saturated rings. The van der Waals surface area contributed by atoms with Crippen LogP contribution in [0.15, 0.2) is 52.6 Å². The number of amides is 1. The molecule has 0 radical (unpaired) electrons. The second kappa shape index (κ2) is 8.09. The predicted molar refractivity (Wildman–Crippen MR) is 106 cm³/mol. The highest BCUT2D eigenvalue weighted by atomic mass is 32.1. The van der Waals surface area contributed by atoms with Crippen LogP contribution in [0.5, 0.6) is 11.5 Å². The largest absolute Gasteiger partial charge is 0.497 e. The minimum Gasteiger partial charge on any atom is -0.497 e. The summed E-state index contributed by atoms with van der Waals surface area (Å²) in [5, 5.41) is 4.77. The number of H-pyrrole nitrogens is 1. The van der Waals surface area contributed by atoms with Crippen LogP contribution in [0, 0.1) is 0 Å². The Morgan fingerprint density at radius 3 is 2.59 bits per heavy atom. The van der Waals surface area contributed by atoms with Gasteiger partial charge in [0.2, 0.25) is 0 Å². The predicted octanol–water partition coefficient (Wildman–Crippen LogP) is 3.61. The molecule has 0 aliphatic heterocycles. The van der Waals surface area contributed by atoms with Gasteiger partial charge in [0.25, 0.3) is 11.5 Å². The van der Waals surface area contributed by atoms with E-state index < -0.39 is 11.5 Å². The van der Waals surface area contributed by atoms with Gasteiger partial charge in [0.05, 0.1) is 30.8 Å². The molecule has 0 saturated carbocycles. The van der Waals surface area contributed by atoms with Crippen LogP contribution in [0.2, 0.25) is 0 Å². The van der Waals surface area contributed by atoms with E-state index in [9.17, 15) is 9.59 Å². The number of ether oxygens (including phenoxy) is 2. The number of hydrogen-bond acceptors (Lipinski definition) is 5. The van der Waals surface area contributed by atoms with E-state index in [1.54, 1.807) is 44.6 Å². The minimum absolute atomic E-state index is 0.0593. The Kier molecular flexibility index (Phi) is 5.61. The number of carbonyl (C=O) groups is 1. The summed E-state index contributed by atoms with van der Waals surface area (Å²) < 4.78 is 10.6. The van der Waals surface area contributed by atoms with Gasteiger partial charge in [0, 0.05) is 5.56 Å². The first-order valence-electron chi connectivity index (χ1n) is 8.33. The zero-order valence-electron chi connectivity index (χ0n) is 15.2. The van der Waals surface area contributed by atoms with Crippen LogP contribution in [-0.2, 0) is 0 Å². The van der Waals surface area contributed by atoms with E-state index >= 15 is 0 Å². The van der Waals surface area contributed by atoms with Gasteiger partial charge < -0.3 is 19.8 Å². The lowest BCUT2D eigenvalue weighted by atomic mass is 10.1. The maximum Gasteiger partial charge on any atom is 0.261 e. The van der Waals surface area contributed by atoms with Gasteiger partial charge >= 0.3 is 0 Å². The summed E-state index contributed by atoms with van der Waals surface area (Å²) in [7, 11) is 3.14. The van der Waals surface area contributed by atoms with Crippen LogP contribution >= 0.6 is 11.3 Å². The van der Waals surface area contributed by atoms with Crippen molar-refractivity contribution in [1.29, 1.82) is 0 Å². The van der Waals surface area contributed by atoms with Gasteiger partial charge in [-0.1, -0.05) is 6.07 Å². The lowest BCUT2D eigenvalue weighted by Crippen LogP contribution is -2.31. The Bertz CT molecular complexity index is 995. The Hall–Kier alpha value is -3.06. The maximum atomic E-state index is 12.6. The number of aromatic nitrogens is 1. The molecule has 6 nitrogen and oxygen atoms in total. The quantitative estimate of drug-likeness (QED) is 0.680. The second-order valence-electron chi connectivity index (χ2n) is 5.90. The molecular weight excluding hydrogens is 364 g/mol. The molecule has 1 aromatic carbocycles. The normalized spacial score (nSPS) is 11.7. The van der Waals surface area contributed by atoms with Gasteiger partial charge in [-0.15, -0.1) is 11.3 Å². The fourth-order valence-corrected chi connectivity index (χ4v) is 3.46. The van der Waals surface area contributed by atoms with Gasteiger partial charge in [-0.3, -0.25) is 9.59 Å². The second-order valence-corrected chi connectivity index (χ2v) is 6.84. The SMILES string of the molecule is COc1ccc(OC)c(C(C)NC(=O)c2ccc(-c3cccs3)[nH]c2=O)c1. The van der Waals surface area contributed by atoms with Gasteiger partial charge in [-0.05, 0) is 48.7 Å². The van der Waals surface area contributed by atoms with Crippen molar-refractivity contribution in [2.45, 2.75) is 13.0 Å². The Balaban J connectivity index is 1.82.